The molecular formula is C21H19N5O2S2. The molecule has 2 heterocycles. The highest BCUT2D eigenvalue weighted by atomic mass is 32.2. The van der Waals surface area contributed by atoms with Crippen LogP contribution in [0.1, 0.15) is 6.92 Å². The highest BCUT2D eigenvalue weighted by Crippen LogP contribution is 2.30. The average Bonchev–Trinajstić information content (AvgIpc) is 3.44. The minimum Gasteiger partial charge on any atom is -0.495 e. The second-order valence-electron chi connectivity index (χ2n) is 6.31. The van der Waals surface area contributed by atoms with E-state index in [0.29, 0.717) is 16.0 Å². The number of rotatable bonds is 7. The number of nitrogens with zero attached hydrogens (tertiary/aromatic N) is 4. The van der Waals surface area contributed by atoms with Crippen LogP contribution in [0, 0.1) is 0 Å². The number of thioether (sulfide) groups is 1. The van der Waals surface area contributed by atoms with E-state index in [1.54, 1.807) is 13.4 Å². The lowest BCUT2D eigenvalue weighted by Gasteiger charge is -2.13. The highest BCUT2D eigenvalue weighted by molar-refractivity contribution is 8.00. The molecule has 0 radical (unpaired) electrons. The maximum Gasteiger partial charge on any atom is 0.239 e. The summed E-state index contributed by atoms with van der Waals surface area (Å²) in [4.78, 5) is 17.2. The van der Waals surface area contributed by atoms with Crippen LogP contribution in [0.4, 0.5) is 5.13 Å². The number of benzene rings is 2. The van der Waals surface area contributed by atoms with Crippen molar-refractivity contribution in [2.45, 2.75) is 17.3 Å². The van der Waals surface area contributed by atoms with E-state index in [2.05, 4.69) is 20.5 Å². The highest BCUT2D eigenvalue weighted by Gasteiger charge is 2.20. The summed E-state index contributed by atoms with van der Waals surface area (Å²) in [6.45, 7) is 1.83. The number of carbonyl (C=O) groups is 1. The van der Waals surface area contributed by atoms with Crippen LogP contribution >= 0.6 is 23.1 Å². The number of anilines is 1. The van der Waals surface area contributed by atoms with Gasteiger partial charge >= 0.3 is 0 Å². The molecule has 4 rings (SSSR count). The van der Waals surface area contributed by atoms with Gasteiger partial charge in [-0.2, -0.15) is 0 Å². The third-order valence-electron chi connectivity index (χ3n) is 4.32. The Morgan fingerprint density at radius 2 is 1.93 bits per heavy atom. The molecule has 9 heteroatoms. The van der Waals surface area contributed by atoms with Crippen molar-refractivity contribution in [1.82, 2.24) is 19.7 Å². The third-order valence-corrected chi connectivity index (χ3v) is 6.13. The summed E-state index contributed by atoms with van der Waals surface area (Å²) in [6.07, 6.45) is 1.61. The van der Waals surface area contributed by atoms with Gasteiger partial charge in [-0.25, -0.2) is 4.98 Å². The van der Waals surface area contributed by atoms with Crippen molar-refractivity contribution < 1.29 is 9.53 Å². The minimum absolute atomic E-state index is 0.150. The minimum atomic E-state index is -0.397. The maximum absolute atomic E-state index is 12.7. The van der Waals surface area contributed by atoms with Gasteiger partial charge in [0.25, 0.3) is 0 Å². The van der Waals surface area contributed by atoms with Crippen molar-refractivity contribution in [3.8, 4) is 22.7 Å². The Morgan fingerprint density at radius 1 is 1.17 bits per heavy atom. The van der Waals surface area contributed by atoms with Gasteiger partial charge in [0.2, 0.25) is 5.91 Å². The van der Waals surface area contributed by atoms with E-state index in [4.69, 9.17) is 4.74 Å². The molecular weight excluding hydrogens is 418 g/mol. The van der Waals surface area contributed by atoms with Crippen LogP contribution < -0.4 is 10.1 Å². The van der Waals surface area contributed by atoms with Crippen molar-refractivity contribution in [3.63, 3.8) is 0 Å². The summed E-state index contributed by atoms with van der Waals surface area (Å²) in [6, 6.07) is 17.5. The van der Waals surface area contributed by atoms with Crippen molar-refractivity contribution >= 4 is 34.1 Å². The van der Waals surface area contributed by atoms with E-state index in [1.165, 1.54) is 23.1 Å². The summed E-state index contributed by atoms with van der Waals surface area (Å²) in [5, 5.41) is 13.8. The first-order chi connectivity index (χ1) is 14.7. The average molecular weight is 438 g/mol. The normalized spacial score (nSPS) is 11.8. The van der Waals surface area contributed by atoms with Gasteiger partial charge < -0.3 is 10.1 Å². The first-order valence-electron chi connectivity index (χ1n) is 9.17. The standard InChI is InChI=1S/C21H19N5O2S2/c1-14(19(27)24-20-23-16(12-29-20)15-8-4-3-5-9-15)30-21-25-22-13-26(21)17-10-6-7-11-18(17)28-2/h3-14H,1-2H3,(H,23,24,27)/t14-/m1/s1. The summed E-state index contributed by atoms with van der Waals surface area (Å²) < 4.78 is 7.23. The first kappa shape index (κ1) is 20.1. The van der Waals surface area contributed by atoms with E-state index < -0.39 is 5.25 Å². The Balaban J connectivity index is 1.45. The van der Waals surface area contributed by atoms with Crippen LogP contribution in [0.25, 0.3) is 16.9 Å². The molecule has 1 atom stereocenters. The number of hydrogen-bond acceptors (Lipinski definition) is 7. The van der Waals surface area contributed by atoms with Gasteiger partial charge in [0.05, 0.1) is 23.7 Å². The van der Waals surface area contributed by atoms with E-state index in [0.717, 1.165) is 16.9 Å². The van der Waals surface area contributed by atoms with Crippen LogP contribution in [0.3, 0.4) is 0 Å². The molecule has 7 nitrogen and oxygen atoms in total. The number of carbonyl (C=O) groups excluding carboxylic acids is 1. The van der Waals surface area contributed by atoms with E-state index in [9.17, 15) is 4.79 Å². The van der Waals surface area contributed by atoms with E-state index >= 15 is 0 Å². The molecule has 0 aliphatic heterocycles. The smallest absolute Gasteiger partial charge is 0.239 e. The fourth-order valence-corrected chi connectivity index (χ4v) is 4.35. The monoisotopic (exact) mass is 437 g/mol. The topological polar surface area (TPSA) is 81.9 Å². The zero-order chi connectivity index (χ0) is 20.9. The molecule has 1 N–H and O–H groups in total. The number of thiazole rings is 1. The Kier molecular flexibility index (Phi) is 6.10. The van der Waals surface area contributed by atoms with E-state index in [-0.39, 0.29) is 5.91 Å². The van der Waals surface area contributed by atoms with Gasteiger partial charge in [-0.05, 0) is 19.1 Å². The molecule has 1 amide bonds. The predicted molar refractivity (Wildman–Crippen MR) is 119 cm³/mol. The molecule has 2 aromatic heterocycles. The van der Waals surface area contributed by atoms with Crippen LogP contribution in [-0.4, -0.2) is 38.0 Å². The van der Waals surface area contributed by atoms with Gasteiger partial charge in [0, 0.05) is 10.9 Å². The molecule has 0 saturated carbocycles. The SMILES string of the molecule is COc1ccccc1-n1cnnc1S[C@H](C)C(=O)Nc1nc(-c2ccccc2)cs1. The predicted octanol–water partition coefficient (Wildman–Crippen LogP) is 4.52. The molecule has 30 heavy (non-hydrogen) atoms. The second kappa shape index (κ2) is 9.10. The van der Waals surface area contributed by atoms with Crippen molar-refractivity contribution in [3.05, 3.63) is 66.3 Å². The number of nitrogens with one attached hydrogen (secondary N) is 1. The number of hydrogen-bond donors (Lipinski definition) is 1. The third kappa shape index (κ3) is 4.37. The van der Waals surface area contributed by atoms with Gasteiger partial charge in [0.15, 0.2) is 10.3 Å². The molecule has 0 bridgehead atoms. The van der Waals surface area contributed by atoms with Crippen molar-refractivity contribution in [2.24, 2.45) is 0 Å². The summed E-state index contributed by atoms with van der Waals surface area (Å²) in [5.74, 6) is 0.552. The fourth-order valence-electron chi connectivity index (χ4n) is 2.79. The Labute approximate surface area is 182 Å². The van der Waals surface area contributed by atoms with Gasteiger partial charge in [0.1, 0.15) is 12.1 Å². The number of aromatic nitrogens is 4. The van der Waals surface area contributed by atoms with Gasteiger partial charge in [-0.15, -0.1) is 21.5 Å². The van der Waals surface area contributed by atoms with Crippen molar-refractivity contribution in [1.29, 1.82) is 0 Å². The molecule has 0 fully saturated rings. The zero-order valence-electron chi connectivity index (χ0n) is 16.4. The Hall–Kier alpha value is -3.17. The summed E-state index contributed by atoms with van der Waals surface area (Å²) >= 11 is 2.72. The number of para-hydroxylation sites is 2. The molecule has 152 valence electrons. The lowest BCUT2D eigenvalue weighted by molar-refractivity contribution is -0.115. The van der Waals surface area contributed by atoms with Crippen LogP contribution in [0.15, 0.2) is 71.5 Å². The van der Waals surface area contributed by atoms with Crippen LogP contribution in [-0.2, 0) is 4.79 Å². The second-order valence-corrected chi connectivity index (χ2v) is 8.47. The number of amides is 1. The molecule has 0 spiro atoms. The molecule has 0 aliphatic rings. The maximum atomic E-state index is 12.7. The first-order valence-corrected chi connectivity index (χ1v) is 10.9. The molecule has 0 unspecified atom stereocenters. The van der Waals surface area contributed by atoms with Gasteiger partial charge in [-0.1, -0.05) is 54.2 Å². The summed E-state index contributed by atoms with van der Waals surface area (Å²) in [5.41, 5.74) is 2.67. The lowest BCUT2D eigenvalue weighted by atomic mass is 10.2. The van der Waals surface area contributed by atoms with E-state index in [1.807, 2.05) is 71.5 Å². The largest absolute Gasteiger partial charge is 0.495 e. The fraction of sp³-hybridized carbons (Fsp3) is 0.143. The van der Waals surface area contributed by atoms with Crippen LogP contribution in [0.5, 0.6) is 5.75 Å². The molecule has 2 aromatic carbocycles. The molecule has 4 aromatic rings. The quantitative estimate of drug-likeness (QED) is 0.428. The Morgan fingerprint density at radius 3 is 2.73 bits per heavy atom. The Bertz CT molecular complexity index is 1140. The number of ether oxygens (including phenoxy) is 1. The number of methoxy groups -OCH3 is 1. The van der Waals surface area contributed by atoms with Crippen molar-refractivity contribution in [2.75, 3.05) is 12.4 Å². The molecule has 0 saturated heterocycles. The molecule has 0 aliphatic carbocycles. The lowest BCUT2D eigenvalue weighted by Crippen LogP contribution is -2.22. The van der Waals surface area contributed by atoms with Crippen LogP contribution in [0.2, 0.25) is 0 Å². The zero-order valence-corrected chi connectivity index (χ0v) is 18.0. The summed E-state index contributed by atoms with van der Waals surface area (Å²) in [7, 11) is 1.61. The van der Waals surface area contributed by atoms with Gasteiger partial charge in [-0.3, -0.25) is 9.36 Å².